The van der Waals surface area contributed by atoms with Crippen LogP contribution in [0.25, 0.3) is 0 Å². The summed E-state index contributed by atoms with van der Waals surface area (Å²) >= 11 is 1.22. The van der Waals surface area contributed by atoms with Gasteiger partial charge in [0.1, 0.15) is 10.6 Å². The van der Waals surface area contributed by atoms with E-state index in [1.165, 1.54) is 11.3 Å². The van der Waals surface area contributed by atoms with Crippen LogP contribution in [0.5, 0.6) is 0 Å². The fourth-order valence-corrected chi connectivity index (χ4v) is 3.00. The highest BCUT2D eigenvalue weighted by molar-refractivity contribution is 7.19. The Morgan fingerprint density at radius 2 is 1.90 bits per heavy atom. The van der Waals surface area contributed by atoms with Crippen molar-refractivity contribution >= 4 is 33.8 Å². The van der Waals surface area contributed by atoms with E-state index >= 15 is 0 Å². The second-order valence-electron chi connectivity index (χ2n) is 5.09. The first kappa shape index (κ1) is 16.5. The molecule has 1 aromatic heterocycles. The molecule has 0 radical (unpaired) electrons. The molecule has 5 nitrogen and oxygen atoms in total. The summed E-state index contributed by atoms with van der Waals surface area (Å²) in [5, 5.41) is 3.75. The molecule has 3 N–H and O–H groups in total. The van der Waals surface area contributed by atoms with Gasteiger partial charge < -0.3 is 15.8 Å². The van der Waals surface area contributed by atoms with Crippen LogP contribution in [0.3, 0.4) is 0 Å². The molecule has 0 unspecified atom stereocenters. The molecule has 0 aliphatic heterocycles. The van der Waals surface area contributed by atoms with Gasteiger partial charge in [-0.25, -0.2) is 4.79 Å². The Balaban J connectivity index is 3.31. The number of thiophene rings is 1. The summed E-state index contributed by atoms with van der Waals surface area (Å²) < 4.78 is 5.02. The molecule has 1 rings (SSSR count). The minimum absolute atomic E-state index is 0.0603. The molecular formula is C14H22N2O3S. The van der Waals surface area contributed by atoms with Gasteiger partial charge in [-0.15, -0.1) is 11.3 Å². The number of hydrogen-bond donors (Lipinski definition) is 2. The van der Waals surface area contributed by atoms with Crippen molar-refractivity contribution in [3.8, 4) is 0 Å². The zero-order chi connectivity index (χ0) is 15.4. The molecule has 0 aliphatic carbocycles. The average molecular weight is 298 g/mol. The van der Waals surface area contributed by atoms with Crippen molar-refractivity contribution in [2.45, 2.75) is 40.7 Å². The maximum atomic E-state index is 12.1. The molecule has 6 heteroatoms. The first-order valence-corrected chi connectivity index (χ1v) is 7.51. The number of ether oxygens (including phenoxy) is 1. The Labute approximate surface area is 123 Å². The normalized spacial score (nSPS) is 10.9. The van der Waals surface area contributed by atoms with E-state index < -0.39 is 5.97 Å². The van der Waals surface area contributed by atoms with Crippen molar-refractivity contribution < 1.29 is 14.3 Å². The molecule has 0 atom stereocenters. The van der Waals surface area contributed by atoms with Crippen molar-refractivity contribution in [2.75, 3.05) is 17.7 Å². The summed E-state index contributed by atoms with van der Waals surface area (Å²) in [6.07, 6.45) is 0. The molecule has 112 valence electrons. The van der Waals surface area contributed by atoms with Crippen LogP contribution in [0.15, 0.2) is 0 Å². The number of hydrogen-bond acceptors (Lipinski definition) is 6. The number of nitrogens with one attached hydrogen (secondary N) is 1. The van der Waals surface area contributed by atoms with Gasteiger partial charge in [-0.05, 0) is 20.8 Å². The summed E-state index contributed by atoms with van der Waals surface area (Å²) in [5.41, 5.74) is 6.49. The van der Waals surface area contributed by atoms with Gasteiger partial charge in [0.25, 0.3) is 0 Å². The van der Waals surface area contributed by atoms with Crippen molar-refractivity contribution in [2.24, 2.45) is 5.92 Å². The van der Waals surface area contributed by atoms with Gasteiger partial charge in [-0.2, -0.15) is 0 Å². The topological polar surface area (TPSA) is 81.4 Å². The lowest BCUT2D eigenvalue weighted by Crippen LogP contribution is -2.14. The van der Waals surface area contributed by atoms with Crippen molar-refractivity contribution in [3.05, 3.63) is 10.4 Å². The molecule has 20 heavy (non-hydrogen) atoms. The molecule has 0 amide bonds. The number of rotatable bonds is 6. The zero-order valence-corrected chi connectivity index (χ0v) is 13.4. The number of anilines is 2. The number of Topliss-reactive ketones (excluding diaryl/α,β-unsaturated/α-hetero) is 1. The van der Waals surface area contributed by atoms with Crippen LogP contribution in [-0.2, 0) is 4.74 Å². The highest BCUT2D eigenvalue weighted by atomic mass is 32.1. The van der Waals surface area contributed by atoms with Crippen LogP contribution in [0, 0.1) is 5.92 Å². The largest absolute Gasteiger partial charge is 0.462 e. The first-order chi connectivity index (χ1) is 9.29. The quantitative estimate of drug-likeness (QED) is 0.622. The summed E-state index contributed by atoms with van der Waals surface area (Å²) in [5.74, 6) is -0.722. The van der Waals surface area contributed by atoms with Crippen LogP contribution in [0.2, 0.25) is 0 Å². The lowest BCUT2D eigenvalue weighted by molar-refractivity contribution is 0.0529. The van der Waals surface area contributed by atoms with Gasteiger partial charge in [0, 0.05) is 12.0 Å². The van der Waals surface area contributed by atoms with E-state index in [1.807, 2.05) is 13.8 Å². The monoisotopic (exact) mass is 298 g/mol. The molecule has 0 aromatic carbocycles. The Kier molecular flexibility index (Phi) is 5.56. The third-order valence-electron chi connectivity index (χ3n) is 2.59. The Morgan fingerprint density at radius 1 is 1.30 bits per heavy atom. The van der Waals surface area contributed by atoms with E-state index in [2.05, 4.69) is 5.32 Å². The van der Waals surface area contributed by atoms with Gasteiger partial charge >= 0.3 is 5.97 Å². The predicted octanol–water partition coefficient (Wildman–Crippen LogP) is 3.17. The summed E-state index contributed by atoms with van der Waals surface area (Å²) in [6, 6.07) is 0.128. The van der Waals surface area contributed by atoms with E-state index in [1.54, 1.807) is 20.8 Å². The lowest BCUT2D eigenvalue weighted by atomic mass is 10.1. The van der Waals surface area contributed by atoms with Crippen LogP contribution >= 0.6 is 11.3 Å². The third-order valence-corrected chi connectivity index (χ3v) is 3.74. The van der Waals surface area contributed by atoms with Crippen molar-refractivity contribution in [1.82, 2.24) is 0 Å². The highest BCUT2D eigenvalue weighted by Gasteiger charge is 2.27. The third kappa shape index (κ3) is 3.50. The maximum absolute atomic E-state index is 12.1. The SMILES string of the molecule is CCOC(=O)c1c(NC(C)C)sc(C(=O)C(C)C)c1N. The lowest BCUT2D eigenvalue weighted by Gasteiger charge is -2.10. The number of ketones is 1. The summed E-state index contributed by atoms with van der Waals surface area (Å²) in [6.45, 7) is 9.52. The Bertz CT molecular complexity index is 507. The van der Waals surface area contributed by atoms with E-state index in [-0.39, 0.29) is 35.6 Å². The number of carbonyl (C=O) groups excluding carboxylic acids is 2. The number of esters is 1. The molecule has 0 aliphatic rings. The number of nitrogens with two attached hydrogens (primary N) is 1. The summed E-state index contributed by atoms with van der Waals surface area (Å²) in [7, 11) is 0. The van der Waals surface area contributed by atoms with Gasteiger partial charge in [0.05, 0.1) is 17.2 Å². The smallest absolute Gasteiger partial charge is 0.343 e. The van der Waals surface area contributed by atoms with Crippen molar-refractivity contribution in [3.63, 3.8) is 0 Å². The number of nitrogen functional groups attached to an aromatic ring is 1. The highest BCUT2D eigenvalue weighted by Crippen LogP contribution is 2.38. The fraction of sp³-hybridized carbons (Fsp3) is 0.571. The molecule has 1 aromatic rings. The van der Waals surface area contributed by atoms with Crippen molar-refractivity contribution in [1.29, 1.82) is 0 Å². The predicted molar refractivity (Wildman–Crippen MR) is 82.6 cm³/mol. The van der Waals surface area contributed by atoms with Gasteiger partial charge in [-0.3, -0.25) is 4.79 Å². The minimum atomic E-state index is -0.493. The van der Waals surface area contributed by atoms with E-state index in [9.17, 15) is 9.59 Å². The maximum Gasteiger partial charge on any atom is 0.343 e. The molecule has 0 fully saturated rings. The molecular weight excluding hydrogens is 276 g/mol. The molecule has 0 saturated heterocycles. The zero-order valence-electron chi connectivity index (χ0n) is 12.6. The molecule has 0 bridgehead atoms. The average Bonchev–Trinajstić information content (AvgIpc) is 2.64. The Hall–Kier alpha value is -1.56. The fourth-order valence-electron chi connectivity index (χ4n) is 1.66. The second kappa shape index (κ2) is 6.74. The molecule has 1 heterocycles. The minimum Gasteiger partial charge on any atom is -0.462 e. The second-order valence-corrected chi connectivity index (χ2v) is 6.11. The Morgan fingerprint density at radius 3 is 2.35 bits per heavy atom. The van der Waals surface area contributed by atoms with Gasteiger partial charge in [0.15, 0.2) is 5.78 Å². The standard InChI is InChI=1S/C14H22N2O3S/c1-6-19-14(18)9-10(15)12(11(17)7(2)3)20-13(9)16-8(4)5/h7-8,16H,6,15H2,1-5H3. The van der Waals surface area contributed by atoms with E-state index in [0.29, 0.717) is 9.88 Å². The van der Waals surface area contributed by atoms with E-state index in [4.69, 9.17) is 10.5 Å². The molecule has 0 saturated carbocycles. The van der Waals surface area contributed by atoms with Gasteiger partial charge in [0.2, 0.25) is 0 Å². The first-order valence-electron chi connectivity index (χ1n) is 6.69. The summed E-state index contributed by atoms with van der Waals surface area (Å²) in [4.78, 5) is 24.6. The molecule has 0 spiro atoms. The van der Waals surface area contributed by atoms with Crippen LogP contribution in [0.4, 0.5) is 10.7 Å². The van der Waals surface area contributed by atoms with Crippen LogP contribution in [-0.4, -0.2) is 24.4 Å². The van der Waals surface area contributed by atoms with Crippen LogP contribution < -0.4 is 11.1 Å². The van der Waals surface area contributed by atoms with Crippen LogP contribution in [0.1, 0.15) is 54.6 Å². The van der Waals surface area contributed by atoms with E-state index in [0.717, 1.165) is 0 Å². The van der Waals surface area contributed by atoms with Gasteiger partial charge in [-0.1, -0.05) is 13.8 Å². The number of carbonyl (C=O) groups is 2.